The van der Waals surface area contributed by atoms with Crippen molar-refractivity contribution >= 4 is 16.9 Å². The minimum atomic E-state index is -2.56. The number of fused-ring (bicyclic) bond motifs is 2. The maximum atomic E-state index is 13.2. The largest absolute Gasteiger partial charge is 0.476 e. The molecular weight excluding hydrogens is 346 g/mol. The monoisotopic (exact) mass is 362 g/mol. The normalized spacial score (nSPS) is 17.1. The SMILES string of the molecule is Nc1[nH]c(=O)nc2c1C(c1cc3cccnc3n1CC(F)F)NCCO2. The number of alkyl halides is 2. The molecule has 0 saturated carbocycles. The summed E-state index contributed by atoms with van der Waals surface area (Å²) in [6.07, 6.45) is -1.00. The third kappa shape index (κ3) is 2.77. The predicted octanol–water partition coefficient (Wildman–Crippen LogP) is 1.04. The van der Waals surface area contributed by atoms with Gasteiger partial charge in [-0.05, 0) is 18.2 Å². The van der Waals surface area contributed by atoms with Crippen LogP contribution in [0.25, 0.3) is 11.0 Å². The lowest BCUT2D eigenvalue weighted by molar-refractivity contribution is 0.126. The van der Waals surface area contributed by atoms with Gasteiger partial charge in [0.05, 0.1) is 18.2 Å². The molecule has 0 spiro atoms. The number of H-pyrrole nitrogens is 1. The van der Waals surface area contributed by atoms with Crippen LogP contribution in [-0.2, 0) is 6.54 Å². The number of anilines is 1. The zero-order valence-corrected chi connectivity index (χ0v) is 13.6. The van der Waals surface area contributed by atoms with Crippen molar-refractivity contribution in [2.24, 2.45) is 0 Å². The van der Waals surface area contributed by atoms with E-state index in [1.165, 1.54) is 4.57 Å². The maximum absolute atomic E-state index is 13.2. The molecule has 1 aliphatic rings. The molecule has 0 aliphatic carbocycles. The number of nitrogens with two attached hydrogens (primary N) is 1. The fraction of sp³-hybridized carbons (Fsp3) is 0.312. The molecule has 0 amide bonds. The summed E-state index contributed by atoms with van der Waals surface area (Å²) >= 11 is 0. The summed E-state index contributed by atoms with van der Waals surface area (Å²) in [4.78, 5) is 22.1. The van der Waals surface area contributed by atoms with E-state index in [1.807, 2.05) is 0 Å². The molecule has 10 heteroatoms. The average Bonchev–Trinajstić information content (AvgIpc) is 2.80. The summed E-state index contributed by atoms with van der Waals surface area (Å²) < 4.78 is 33.4. The molecule has 1 unspecified atom stereocenters. The zero-order valence-electron chi connectivity index (χ0n) is 13.6. The van der Waals surface area contributed by atoms with Crippen LogP contribution in [0.1, 0.15) is 17.3 Å². The van der Waals surface area contributed by atoms with Crippen LogP contribution in [-0.4, -0.2) is 39.1 Å². The lowest BCUT2D eigenvalue weighted by atomic mass is 10.1. The van der Waals surface area contributed by atoms with Gasteiger partial charge < -0.3 is 20.4 Å². The van der Waals surface area contributed by atoms with E-state index in [4.69, 9.17) is 10.5 Å². The molecule has 1 aliphatic heterocycles. The van der Waals surface area contributed by atoms with Gasteiger partial charge in [0.1, 0.15) is 18.1 Å². The fourth-order valence-corrected chi connectivity index (χ4v) is 3.25. The molecule has 3 aromatic heterocycles. The number of aromatic nitrogens is 4. The number of halogens is 2. The molecular formula is C16H16F2N6O2. The highest BCUT2D eigenvalue weighted by Gasteiger charge is 2.29. The predicted molar refractivity (Wildman–Crippen MR) is 90.3 cm³/mol. The molecule has 4 N–H and O–H groups in total. The molecule has 8 nitrogen and oxygen atoms in total. The highest BCUT2D eigenvalue weighted by Crippen LogP contribution is 2.35. The zero-order chi connectivity index (χ0) is 18.3. The van der Waals surface area contributed by atoms with E-state index in [-0.39, 0.29) is 18.3 Å². The molecule has 0 saturated heterocycles. The van der Waals surface area contributed by atoms with Crippen molar-refractivity contribution in [2.45, 2.75) is 19.0 Å². The Morgan fingerprint density at radius 1 is 1.46 bits per heavy atom. The van der Waals surface area contributed by atoms with E-state index < -0.39 is 24.7 Å². The molecule has 136 valence electrons. The molecule has 0 fully saturated rings. The Morgan fingerprint density at radius 2 is 2.31 bits per heavy atom. The summed E-state index contributed by atoms with van der Waals surface area (Å²) in [5, 5.41) is 3.96. The Bertz CT molecular complexity index is 1020. The van der Waals surface area contributed by atoms with Crippen LogP contribution < -0.4 is 21.5 Å². The van der Waals surface area contributed by atoms with Gasteiger partial charge in [0, 0.05) is 23.8 Å². The first-order valence-corrected chi connectivity index (χ1v) is 8.03. The van der Waals surface area contributed by atoms with E-state index >= 15 is 0 Å². The van der Waals surface area contributed by atoms with Crippen molar-refractivity contribution in [3.8, 4) is 5.88 Å². The summed E-state index contributed by atoms with van der Waals surface area (Å²) in [5.74, 6) is 0.185. The van der Waals surface area contributed by atoms with Gasteiger partial charge in [-0.1, -0.05) is 0 Å². The van der Waals surface area contributed by atoms with E-state index in [2.05, 4.69) is 20.3 Å². The van der Waals surface area contributed by atoms with Crippen molar-refractivity contribution in [1.82, 2.24) is 24.8 Å². The van der Waals surface area contributed by atoms with Gasteiger partial charge in [0.25, 0.3) is 6.43 Å². The van der Waals surface area contributed by atoms with Gasteiger partial charge in [-0.2, -0.15) is 4.98 Å². The van der Waals surface area contributed by atoms with Crippen molar-refractivity contribution in [3.63, 3.8) is 0 Å². The van der Waals surface area contributed by atoms with Gasteiger partial charge in [0.15, 0.2) is 0 Å². The molecule has 26 heavy (non-hydrogen) atoms. The van der Waals surface area contributed by atoms with Crippen LogP contribution in [0.5, 0.6) is 5.88 Å². The first-order valence-electron chi connectivity index (χ1n) is 8.03. The number of nitrogens with zero attached hydrogens (tertiary/aromatic N) is 3. The molecule has 4 heterocycles. The molecule has 0 radical (unpaired) electrons. The third-order valence-electron chi connectivity index (χ3n) is 4.25. The van der Waals surface area contributed by atoms with E-state index in [1.54, 1.807) is 24.4 Å². The number of pyridine rings is 1. The number of rotatable bonds is 3. The Morgan fingerprint density at radius 3 is 3.12 bits per heavy atom. The minimum absolute atomic E-state index is 0.0845. The van der Waals surface area contributed by atoms with Gasteiger partial charge in [0.2, 0.25) is 5.88 Å². The van der Waals surface area contributed by atoms with Crippen molar-refractivity contribution in [3.05, 3.63) is 46.1 Å². The van der Waals surface area contributed by atoms with E-state index in [9.17, 15) is 13.6 Å². The summed E-state index contributed by atoms with van der Waals surface area (Å²) in [7, 11) is 0. The number of ether oxygens (including phenoxy) is 1. The first kappa shape index (κ1) is 16.5. The smallest absolute Gasteiger partial charge is 0.349 e. The molecule has 0 bridgehead atoms. The van der Waals surface area contributed by atoms with Gasteiger partial charge >= 0.3 is 5.69 Å². The maximum Gasteiger partial charge on any atom is 0.349 e. The average molecular weight is 362 g/mol. The lowest BCUT2D eigenvalue weighted by Gasteiger charge is -2.20. The highest BCUT2D eigenvalue weighted by molar-refractivity contribution is 5.78. The summed E-state index contributed by atoms with van der Waals surface area (Å²) in [5.41, 5.74) is 6.78. The van der Waals surface area contributed by atoms with E-state index in [0.29, 0.717) is 23.4 Å². The van der Waals surface area contributed by atoms with Crippen molar-refractivity contribution in [1.29, 1.82) is 0 Å². The number of hydrogen-bond donors (Lipinski definition) is 3. The molecule has 1 atom stereocenters. The quantitative estimate of drug-likeness (QED) is 0.642. The number of hydrogen-bond acceptors (Lipinski definition) is 6. The Balaban J connectivity index is 1.94. The number of aromatic amines is 1. The Kier molecular flexibility index (Phi) is 4.03. The van der Waals surface area contributed by atoms with Gasteiger partial charge in [-0.25, -0.2) is 18.6 Å². The highest BCUT2D eigenvalue weighted by atomic mass is 19.3. The minimum Gasteiger partial charge on any atom is -0.476 e. The number of nitrogen functional groups attached to an aromatic ring is 1. The molecule has 3 aromatic rings. The van der Waals surface area contributed by atoms with Crippen LogP contribution in [0.15, 0.2) is 29.2 Å². The Labute approximate surface area is 146 Å². The number of nitrogens with one attached hydrogen (secondary N) is 2. The van der Waals surface area contributed by atoms with Crippen molar-refractivity contribution < 1.29 is 13.5 Å². The van der Waals surface area contributed by atoms with Crippen LogP contribution >= 0.6 is 0 Å². The van der Waals surface area contributed by atoms with Gasteiger partial charge in [-0.15, -0.1) is 0 Å². The van der Waals surface area contributed by atoms with Crippen LogP contribution in [0, 0.1) is 0 Å². The summed E-state index contributed by atoms with van der Waals surface area (Å²) in [6.45, 7) is 0.186. The standard InChI is InChI=1S/C16H16F2N6O2/c17-10(18)7-24-9(6-8-2-1-3-21-14(8)24)12-11-13(19)22-16(25)23-15(11)26-5-4-20-12/h1-3,6,10,12,20H,4-5,7H2,(H3,19,22,23,25). The Hall–Kier alpha value is -3.01. The van der Waals surface area contributed by atoms with Crippen LogP contribution in [0.2, 0.25) is 0 Å². The summed E-state index contributed by atoms with van der Waals surface area (Å²) in [6, 6.07) is 4.74. The fourth-order valence-electron chi connectivity index (χ4n) is 3.25. The topological polar surface area (TPSA) is 111 Å². The lowest BCUT2D eigenvalue weighted by Crippen LogP contribution is -2.28. The van der Waals surface area contributed by atoms with Gasteiger partial charge in [-0.3, -0.25) is 4.98 Å². The van der Waals surface area contributed by atoms with Crippen molar-refractivity contribution in [2.75, 3.05) is 18.9 Å². The van der Waals surface area contributed by atoms with Crippen LogP contribution in [0.3, 0.4) is 0 Å². The van der Waals surface area contributed by atoms with Crippen LogP contribution in [0.4, 0.5) is 14.6 Å². The molecule has 0 aromatic carbocycles. The second kappa shape index (κ2) is 6.37. The molecule has 4 rings (SSSR count). The van der Waals surface area contributed by atoms with E-state index in [0.717, 1.165) is 5.39 Å². The second-order valence-corrected chi connectivity index (χ2v) is 5.90. The third-order valence-corrected chi connectivity index (χ3v) is 4.25. The first-order chi connectivity index (χ1) is 12.5. The second-order valence-electron chi connectivity index (χ2n) is 5.90.